The standard InChI is InChI=1S/C14H8N2O4/c15-7-10-5-11(16(17)18)2-3-12(10)9-1-4-13-14(6-9)20-8-19-13/h1-6H,8H2. The Hall–Kier alpha value is -3.07. The van der Waals surface area contributed by atoms with Gasteiger partial charge >= 0.3 is 0 Å². The van der Waals surface area contributed by atoms with Crippen molar-refractivity contribution in [2.45, 2.75) is 0 Å². The molecule has 0 fully saturated rings. The fraction of sp³-hybridized carbons (Fsp3) is 0.0714. The SMILES string of the molecule is N#Cc1cc([N+](=O)[O-])ccc1-c1ccc2c(c1)OCO2. The van der Waals surface area contributed by atoms with Crippen LogP contribution in [0.4, 0.5) is 5.69 Å². The summed E-state index contributed by atoms with van der Waals surface area (Å²) in [5, 5.41) is 19.9. The summed E-state index contributed by atoms with van der Waals surface area (Å²) in [5.41, 5.74) is 1.52. The number of ether oxygens (including phenoxy) is 2. The number of hydrogen-bond acceptors (Lipinski definition) is 5. The van der Waals surface area contributed by atoms with E-state index in [9.17, 15) is 10.1 Å². The molecule has 1 heterocycles. The first-order chi connectivity index (χ1) is 9.69. The van der Waals surface area contributed by atoms with E-state index in [0.29, 0.717) is 17.1 Å². The number of benzene rings is 2. The largest absolute Gasteiger partial charge is 0.454 e. The lowest BCUT2D eigenvalue weighted by atomic mass is 9.99. The van der Waals surface area contributed by atoms with E-state index in [2.05, 4.69) is 0 Å². The molecule has 0 aromatic heterocycles. The van der Waals surface area contributed by atoms with Crippen LogP contribution in [-0.2, 0) is 0 Å². The lowest BCUT2D eigenvalue weighted by Crippen LogP contribution is -1.93. The number of fused-ring (bicyclic) bond motifs is 1. The summed E-state index contributed by atoms with van der Waals surface area (Å²) in [4.78, 5) is 10.2. The highest BCUT2D eigenvalue weighted by Crippen LogP contribution is 2.37. The van der Waals surface area contributed by atoms with E-state index in [1.807, 2.05) is 6.07 Å². The Morgan fingerprint density at radius 3 is 2.70 bits per heavy atom. The monoisotopic (exact) mass is 268 g/mol. The van der Waals surface area contributed by atoms with Crippen LogP contribution in [0.1, 0.15) is 5.56 Å². The van der Waals surface area contributed by atoms with Crippen molar-refractivity contribution in [1.29, 1.82) is 5.26 Å². The average molecular weight is 268 g/mol. The molecule has 6 nitrogen and oxygen atoms in total. The van der Waals surface area contributed by atoms with Crippen molar-refractivity contribution >= 4 is 5.69 Å². The molecule has 0 aliphatic carbocycles. The Bertz CT molecular complexity index is 749. The number of rotatable bonds is 2. The van der Waals surface area contributed by atoms with Gasteiger partial charge in [-0.25, -0.2) is 0 Å². The van der Waals surface area contributed by atoms with E-state index in [1.54, 1.807) is 24.3 Å². The second-order valence-electron chi connectivity index (χ2n) is 4.17. The maximum absolute atomic E-state index is 10.7. The zero-order valence-corrected chi connectivity index (χ0v) is 10.2. The summed E-state index contributed by atoms with van der Waals surface area (Å²) in [5.74, 6) is 1.25. The maximum Gasteiger partial charge on any atom is 0.270 e. The summed E-state index contributed by atoms with van der Waals surface area (Å²) in [7, 11) is 0. The first-order valence-corrected chi connectivity index (χ1v) is 5.77. The first-order valence-electron chi connectivity index (χ1n) is 5.77. The van der Waals surface area contributed by atoms with E-state index in [1.165, 1.54) is 12.1 Å². The third-order valence-electron chi connectivity index (χ3n) is 3.02. The van der Waals surface area contributed by atoms with Crippen LogP contribution in [-0.4, -0.2) is 11.7 Å². The van der Waals surface area contributed by atoms with Crippen LogP contribution in [0.2, 0.25) is 0 Å². The molecular weight excluding hydrogens is 260 g/mol. The van der Waals surface area contributed by atoms with E-state index < -0.39 is 4.92 Å². The van der Waals surface area contributed by atoms with Gasteiger partial charge in [-0.2, -0.15) is 5.26 Å². The normalized spacial score (nSPS) is 11.9. The highest BCUT2D eigenvalue weighted by Gasteiger charge is 2.16. The number of hydrogen-bond donors (Lipinski definition) is 0. The molecule has 0 saturated heterocycles. The van der Waals surface area contributed by atoms with Gasteiger partial charge in [0.1, 0.15) is 6.07 Å². The second kappa shape index (κ2) is 4.55. The topological polar surface area (TPSA) is 85.4 Å². The number of nitriles is 1. The minimum Gasteiger partial charge on any atom is -0.454 e. The number of non-ortho nitro benzene ring substituents is 1. The average Bonchev–Trinajstić information content (AvgIpc) is 2.93. The van der Waals surface area contributed by atoms with Crippen molar-refractivity contribution in [3.8, 4) is 28.7 Å². The van der Waals surface area contributed by atoms with Crippen molar-refractivity contribution < 1.29 is 14.4 Å². The quantitative estimate of drug-likeness (QED) is 0.617. The van der Waals surface area contributed by atoms with Gasteiger partial charge in [0.05, 0.1) is 10.5 Å². The first kappa shape index (κ1) is 12.0. The minimum atomic E-state index is -0.524. The molecule has 3 rings (SSSR count). The van der Waals surface area contributed by atoms with Crippen molar-refractivity contribution in [2.75, 3.05) is 6.79 Å². The van der Waals surface area contributed by atoms with Gasteiger partial charge in [-0.3, -0.25) is 10.1 Å². The van der Waals surface area contributed by atoms with Crippen LogP contribution in [0.25, 0.3) is 11.1 Å². The fourth-order valence-electron chi connectivity index (χ4n) is 2.05. The fourth-order valence-corrected chi connectivity index (χ4v) is 2.05. The van der Waals surface area contributed by atoms with Crippen LogP contribution in [0.5, 0.6) is 11.5 Å². The number of nitro benzene ring substituents is 1. The van der Waals surface area contributed by atoms with Gasteiger partial charge < -0.3 is 9.47 Å². The molecule has 0 unspecified atom stereocenters. The zero-order valence-electron chi connectivity index (χ0n) is 10.2. The van der Waals surface area contributed by atoms with Crippen LogP contribution in [0, 0.1) is 21.4 Å². The molecule has 2 aromatic rings. The van der Waals surface area contributed by atoms with Crippen LogP contribution < -0.4 is 9.47 Å². The molecule has 0 bridgehead atoms. The molecule has 1 aliphatic rings. The predicted molar refractivity (Wildman–Crippen MR) is 69.4 cm³/mol. The van der Waals surface area contributed by atoms with E-state index in [-0.39, 0.29) is 18.0 Å². The Morgan fingerprint density at radius 1 is 1.15 bits per heavy atom. The summed E-state index contributed by atoms with van der Waals surface area (Å²) >= 11 is 0. The van der Waals surface area contributed by atoms with Gasteiger partial charge in [0, 0.05) is 17.7 Å². The Balaban J connectivity index is 2.10. The van der Waals surface area contributed by atoms with Crippen LogP contribution in [0.3, 0.4) is 0 Å². The summed E-state index contributed by atoms with van der Waals surface area (Å²) < 4.78 is 10.5. The molecule has 20 heavy (non-hydrogen) atoms. The summed E-state index contributed by atoms with van der Waals surface area (Å²) in [6, 6.07) is 11.5. The lowest BCUT2D eigenvalue weighted by molar-refractivity contribution is -0.384. The zero-order chi connectivity index (χ0) is 14.1. The highest BCUT2D eigenvalue weighted by atomic mass is 16.7. The van der Waals surface area contributed by atoms with Gasteiger partial charge in [-0.15, -0.1) is 0 Å². The Morgan fingerprint density at radius 2 is 1.95 bits per heavy atom. The summed E-state index contributed by atoms with van der Waals surface area (Å²) in [6.07, 6.45) is 0. The highest BCUT2D eigenvalue weighted by molar-refractivity contribution is 5.74. The van der Waals surface area contributed by atoms with Crippen molar-refractivity contribution in [1.82, 2.24) is 0 Å². The lowest BCUT2D eigenvalue weighted by Gasteiger charge is -2.05. The van der Waals surface area contributed by atoms with Crippen molar-refractivity contribution in [2.24, 2.45) is 0 Å². The summed E-state index contributed by atoms with van der Waals surface area (Å²) in [6.45, 7) is 0.171. The maximum atomic E-state index is 10.7. The molecule has 0 spiro atoms. The van der Waals surface area contributed by atoms with E-state index in [4.69, 9.17) is 14.7 Å². The Labute approximate surface area is 113 Å². The molecule has 0 amide bonds. The Kier molecular flexibility index (Phi) is 2.73. The van der Waals surface area contributed by atoms with Gasteiger partial charge in [-0.05, 0) is 23.8 Å². The minimum absolute atomic E-state index is 0.106. The number of nitrogens with zero attached hydrogens (tertiary/aromatic N) is 2. The van der Waals surface area contributed by atoms with Crippen LogP contribution >= 0.6 is 0 Å². The van der Waals surface area contributed by atoms with Gasteiger partial charge in [0.2, 0.25) is 6.79 Å². The third-order valence-corrected chi connectivity index (χ3v) is 3.02. The molecule has 6 heteroatoms. The molecule has 1 aliphatic heterocycles. The second-order valence-corrected chi connectivity index (χ2v) is 4.17. The van der Waals surface area contributed by atoms with Gasteiger partial charge in [0.15, 0.2) is 11.5 Å². The van der Waals surface area contributed by atoms with Crippen molar-refractivity contribution in [3.63, 3.8) is 0 Å². The molecule has 0 radical (unpaired) electrons. The molecule has 0 N–H and O–H groups in total. The van der Waals surface area contributed by atoms with Gasteiger partial charge in [0.25, 0.3) is 5.69 Å². The molecular formula is C14H8N2O4. The molecule has 0 atom stereocenters. The van der Waals surface area contributed by atoms with Crippen molar-refractivity contribution in [3.05, 3.63) is 52.1 Å². The molecule has 98 valence electrons. The smallest absolute Gasteiger partial charge is 0.270 e. The third kappa shape index (κ3) is 1.91. The molecule has 2 aromatic carbocycles. The van der Waals surface area contributed by atoms with Gasteiger partial charge in [-0.1, -0.05) is 6.07 Å². The number of nitro groups is 1. The van der Waals surface area contributed by atoms with E-state index >= 15 is 0 Å². The molecule has 0 saturated carbocycles. The van der Waals surface area contributed by atoms with Crippen LogP contribution in [0.15, 0.2) is 36.4 Å². The van der Waals surface area contributed by atoms with E-state index in [0.717, 1.165) is 5.56 Å². The predicted octanol–water partition coefficient (Wildman–Crippen LogP) is 2.86.